The van der Waals surface area contributed by atoms with Gasteiger partial charge in [-0.1, -0.05) is 12.1 Å². The van der Waals surface area contributed by atoms with Crippen molar-refractivity contribution in [3.8, 4) is 0 Å². The predicted octanol–water partition coefficient (Wildman–Crippen LogP) is 3.55. The number of hydrogen-bond acceptors (Lipinski definition) is 4. The monoisotopic (exact) mass is 259 g/mol. The van der Waals surface area contributed by atoms with Crippen molar-refractivity contribution in [2.24, 2.45) is 0 Å². The van der Waals surface area contributed by atoms with Crippen molar-refractivity contribution in [3.05, 3.63) is 68.4 Å². The molecule has 2 aromatic rings. The van der Waals surface area contributed by atoms with Gasteiger partial charge in [0.1, 0.15) is 0 Å². The van der Waals surface area contributed by atoms with E-state index < -0.39 is 4.92 Å². The summed E-state index contributed by atoms with van der Waals surface area (Å²) in [5, 5.41) is 12.3. The van der Waals surface area contributed by atoms with E-state index in [-0.39, 0.29) is 11.5 Å². The average molecular weight is 259 g/mol. The van der Waals surface area contributed by atoms with Crippen LogP contribution in [0.2, 0.25) is 0 Å². The van der Waals surface area contributed by atoms with Crippen molar-refractivity contribution in [3.63, 3.8) is 0 Å². The predicted molar refractivity (Wildman–Crippen MR) is 70.8 cm³/mol. The highest BCUT2D eigenvalue weighted by atomic mass is 32.1. The molecule has 1 heterocycles. The smallest absolute Gasteiger partial charge is 0.269 e. The Bertz CT molecular complexity index is 585. The number of nitrogens with zero attached hydrogens (tertiary/aromatic N) is 1. The summed E-state index contributed by atoms with van der Waals surface area (Å²) >= 11 is 1.38. The van der Waals surface area contributed by atoms with Crippen LogP contribution in [0.1, 0.15) is 15.2 Å². The molecule has 0 saturated heterocycles. The SMILES string of the molecule is O=C(/C=C/c1ccc([N+](=O)[O-])cc1)c1cccs1. The second kappa shape index (κ2) is 5.37. The van der Waals surface area contributed by atoms with Crippen molar-refractivity contribution >= 4 is 28.9 Å². The first-order chi connectivity index (χ1) is 8.66. The zero-order valence-electron chi connectivity index (χ0n) is 9.28. The fourth-order valence-electron chi connectivity index (χ4n) is 1.38. The number of rotatable bonds is 4. The van der Waals surface area contributed by atoms with E-state index in [4.69, 9.17) is 0 Å². The maximum absolute atomic E-state index is 11.7. The molecule has 0 aliphatic carbocycles. The van der Waals surface area contributed by atoms with E-state index in [1.54, 1.807) is 24.3 Å². The van der Waals surface area contributed by atoms with E-state index >= 15 is 0 Å². The fourth-order valence-corrected chi connectivity index (χ4v) is 2.03. The lowest BCUT2D eigenvalue weighted by Crippen LogP contribution is -1.89. The van der Waals surface area contributed by atoms with Gasteiger partial charge in [-0.3, -0.25) is 14.9 Å². The highest BCUT2D eigenvalue weighted by Gasteiger charge is 2.04. The standard InChI is InChI=1S/C13H9NO3S/c15-12(13-2-1-9-18-13)8-5-10-3-6-11(7-4-10)14(16)17/h1-9H/b8-5+. The first-order valence-electron chi connectivity index (χ1n) is 5.17. The molecule has 1 aromatic heterocycles. The largest absolute Gasteiger partial charge is 0.288 e. The number of benzene rings is 1. The Morgan fingerprint density at radius 1 is 1.22 bits per heavy atom. The fraction of sp³-hybridized carbons (Fsp3) is 0. The van der Waals surface area contributed by atoms with Crippen LogP contribution in [0.5, 0.6) is 0 Å². The minimum Gasteiger partial charge on any atom is -0.288 e. The number of carbonyl (C=O) groups is 1. The van der Waals surface area contributed by atoms with Gasteiger partial charge in [-0.15, -0.1) is 11.3 Å². The van der Waals surface area contributed by atoms with E-state index in [2.05, 4.69) is 0 Å². The number of carbonyl (C=O) groups excluding carboxylic acids is 1. The van der Waals surface area contributed by atoms with Crippen molar-refractivity contribution < 1.29 is 9.72 Å². The molecule has 90 valence electrons. The Balaban J connectivity index is 2.09. The second-order valence-electron chi connectivity index (χ2n) is 3.52. The van der Waals surface area contributed by atoms with Crippen molar-refractivity contribution in [2.75, 3.05) is 0 Å². The van der Waals surface area contributed by atoms with Gasteiger partial charge in [0.05, 0.1) is 9.80 Å². The van der Waals surface area contributed by atoms with Crippen LogP contribution < -0.4 is 0 Å². The Kier molecular flexibility index (Phi) is 3.64. The summed E-state index contributed by atoms with van der Waals surface area (Å²) in [5.74, 6) is -0.0663. The third-order valence-electron chi connectivity index (χ3n) is 2.30. The van der Waals surface area contributed by atoms with Crippen LogP contribution in [0, 0.1) is 10.1 Å². The van der Waals surface area contributed by atoms with Gasteiger partial charge >= 0.3 is 0 Å². The minimum atomic E-state index is -0.454. The van der Waals surface area contributed by atoms with Gasteiger partial charge < -0.3 is 0 Å². The number of nitro groups is 1. The molecule has 1 aromatic carbocycles. The molecule has 0 amide bonds. The molecule has 5 heteroatoms. The van der Waals surface area contributed by atoms with Gasteiger partial charge in [0, 0.05) is 12.1 Å². The summed E-state index contributed by atoms with van der Waals surface area (Å²) in [7, 11) is 0. The second-order valence-corrected chi connectivity index (χ2v) is 4.47. The Morgan fingerprint density at radius 2 is 1.94 bits per heavy atom. The normalized spacial score (nSPS) is 10.7. The van der Waals surface area contributed by atoms with Crippen LogP contribution >= 0.6 is 11.3 Å². The van der Waals surface area contributed by atoms with Crippen LogP contribution in [0.3, 0.4) is 0 Å². The van der Waals surface area contributed by atoms with E-state index in [0.29, 0.717) is 4.88 Å². The Labute approximate surface area is 107 Å². The summed E-state index contributed by atoms with van der Waals surface area (Å²) in [4.78, 5) is 22.4. The topological polar surface area (TPSA) is 60.2 Å². The lowest BCUT2D eigenvalue weighted by molar-refractivity contribution is -0.384. The molecule has 0 bridgehead atoms. The van der Waals surface area contributed by atoms with Gasteiger partial charge in [0.2, 0.25) is 0 Å². The summed E-state index contributed by atoms with van der Waals surface area (Å²) < 4.78 is 0. The van der Waals surface area contributed by atoms with Gasteiger partial charge in [0.15, 0.2) is 5.78 Å². The third kappa shape index (κ3) is 2.89. The summed E-state index contributed by atoms with van der Waals surface area (Å²) in [5.41, 5.74) is 0.794. The Morgan fingerprint density at radius 3 is 2.50 bits per heavy atom. The molecule has 0 fully saturated rings. The average Bonchev–Trinajstić information content (AvgIpc) is 2.90. The quantitative estimate of drug-likeness (QED) is 0.365. The molecule has 0 unspecified atom stereocenters. The van der Waals surface area contributed by atoms with Crippen LogP contribution in [0.15, 0.2) is 47.9 Å². The van der Waals surface area contributed by atoms with Crippen molar-refractivity contribution in [1.29, 1.82) is 0 Å². The number of allylic oxidation sites excluding steroid dienone is 1. The molecule has 0 spiro atoms. The number of hydrogen-bond donors (Lipinski definition) is 0. The lowest BCUT2D eigenvalue weighted by atomic mass is 10.1. The maximum atomic E-state index is 11.7. The lowest BCUT2D eigenvalue weighted by Gasteiger charge is -1.93. The van der Waals surface area contributed by atoms with Crippen molar-refractivity contribution in [2.45, 2.75) is 0 Å². The maximum Gasteiger partial charge on any atom is 0.269 e. The number of nitro benzene ring substituents is 1. The summed E-state index contributed by atoms with van der Waals surface area (Å²) in [6, 6.07) is 9.61. The molecule has 0 aliphatic rings. The Hall–Kier alpha value is -2.27. The van der Waals surface area contributed by atoms with Gasteiger partial charge in [0.25, 0.3) is 5.69 Å². The van der Waals surface area contributed by atoms with E-state index in [0.717, 1.165) is 5.56 Å². The van der Waals surface area contributed by atoms with E-state index in [9.17, 15) is 14.9 Å². The number of ketones is 1. The molecule has 2 rings (SSSR count). The molecule has 0 N–H and O–H groups in total. The molecule has 4 nitrogen and oxygen atoms in total. The highest BCUT2D eigenvalue weighted by molar-refractivity contribution is 7.12. The number of non-ortho nitro benzene ring substituents is 1. The molecule has 18 heavy (non-hydrogen) atoms. The highest BCUT2D eigenvalue weighted by Crippen LogP contribution is 2.14. The molecule has 0 radical (unpaired) electrons. The third-order valence-corrected chi connectivity index (χ3v) is 3.18. The van der Waals surface area contributed by atoms with Gasteiger partial charge in [-0.25, -0.2) is 0 Å². The molecule has 0 saturated carbocycles. The van der Waals surface area contributed by atoms with Crippen LogP contribution in [-0.2, 0) is 0 Å². The molecule has 0 aliphatic heterocycles. The van der Waals surface area contributed by atoms with Gasteiger partial charge in [-0.2, -0.15) is 0 Å². The summed E-state index contributed by atoms with van der Waals surface area (Å²) in [6.07, 6.45) is 3.11. The summed E-state index contributed by atoms with van der Waals surface area (Å²) in [6.45, 7) is 0. The zero-order valence-corrected chi connectivity index (χ0v) is 10.1. The van der Waals surface area contributed by atoms with Crippen LogP contribution in [-0.4, -0.2) is 10.7 Å². The van der Waals surface area contributed by atoms with Crippen molar-refractivity contribution in [1.82, 2.24) is 0 Å². The van der Waals surface area contributed by atoms with E-state index in [1.165, 1.54) is 29.5 Å². The first kappa shape index (κ1) is 12.2. The zero-order chi connectivity index (χ0) is 13.0. The molecular formula is C13H9NO3S. The first-order valence-corrected chi connectivity index (χ1v) is 6.05. The van der Waals surface area contributed by atoms with Crippen LogP contribution in [0.25, 0.3) is 6.08 Å². The molecular weight excluding hydrogens is 250 g/mol. The van der Waals surface area contributed by atoms with Crippen LogP contribution in [0.4, 0.5) is 5.69 Å². The van der Waals surface area contributed by atoms with Gasteiger partial charge in [-0.05, 0) is 35.2 Å². The molecule has 0 atom stereocenters. The number of thiophene rings is 1. The minimum absolute atomic E-state index is 0.0386. The van der Waals surface area contributed by atoms with E-state index in [1.807, 2.05) is 11.4 Å².